The van der Waals surface area contributed by atoms with E-state index >= 15 is 0 Å². The van der Waals surface area contributed by atoms with Crippen molar-refractivity contribution in [2.75, 3.05) is 6.54 Å². The van der Waals surface area contributed by atoms with Gasteiger partial charge in [0.2, 0.25) is 5.91 Å². The van der Waals surface area contributed by atoms with Crippen molar-refractivity contribution in [3.63, 3.8) is 0 Å². The zero-order valence-corrected chi connectivity index (χ0v) is 10.7. The molecule has 0 aromatic carbocycles. The Bertz CT molecular complexity index is 371. The fraction of sp³-hybridized carbons (Fsp3) is 0.727. The molecular weight excluding hydrogens is 254 g/mol. The Balaban J connectivity index is 2.74. The Morgan fingerprint density at radius 1 is 1.37 bits per heavy atom. The SMILES string of the molecule is C[C@@H](O)[C@H](NC(=O)N1CCCCC1C(N)=O)C(=O)O. The van der Waals surface area contributed by atoms with Crippen molar-refractivity contribution in [1.29, 1.82) is 0 Å². The molecule has 1 saturated heterocycles. The molecule has 0 saturated carbocycles. The standard InChI is InChI=1S/C11H19N3O5/c1-6(15)8(10(17)18)13-11(19)14-5-3-2-4-7(14)9(12)16/h6-8,15H,2-5H2,1H3,(H2,12,16)(H,13,19)(H,17,18)/t6-,7?,8+/m1/s1. The van der Waals surface area contributed by atoms with Crippen LogP contribution < -0.4 is 11.1 Å². The zero-order chi connectivity index (χ0) is 14.6. The highest BCUT2D eigenvalue weighted by Gasteiger charge is 2.33. The number of carboxylic acid groups (broad SMARTS) is 1. The summed E-state index contributed by atoms with van der Waals surface area (Å²) in [5, 5.41) is 20.4. The molecule has 1 aliphatic heterocycles. The average molecular weight is 273 g/mol. The average Bonchev–Trinajstić information content (AvgIpc) is 2.34. The van der Waals surface area contributed by atoms with E-state index in [1.807, 2.05) is 0 Å². The molecule has 5 N–H and O–H groups in total. The van der Waals surface area contributed by atoms with Crippen molar-refractivity contribution in [2.24, 2.45) is 5.73 Å². The molecule has 0 aromatic rings. The fourth-order valence-corrected chi connectivity index (χ4v) is 2.08. The van der Waals surface area contributed by atoms with Gasteiger partial charge < -0.3 is 26.2 Å². The van der Waals surface area contributed by atoms with Crippen LogP contribution in [0.15, 0.2) is 0 Å². The maximum Gasteiger partial charge on any atom is 0.328 e. The number of nitrogens with one attached hydrogen (secondary N) is 1. The van der Waals surface area contributed by atoms with Gasteiger partial charge in [0.05, 0.1) is 6.10 Å². The van der Waals surface area contributed by atoms with Gasteiger partial charge in [-0.1, -0.05) is 0 Å². The number of aliphatic hydroxyl groups excluding tert-OH is 1. The first-order valence-corrected chi connectivity index (χ1v) is 6.12. The molecule has 3 atom stereocenters. The number of amides is 3. The molecule has 108 valence electrons. The first-order chi connectivity index (χ1) is 8.84. The molecule has 1 aliphatic rings. The van der Waals surface area contributed by atoms with Gasteiger partial charge in [0.15, 0.2) is 6.04 Å². The number of carboxylic acids is 1. The van der Waals surface area contributed by atoms with Crippen molar-refractivity contribution >= 4 is 17.9 Å². The Kier molecular flexibility index (Phi) is 5.11. The zero-order valence-electron chi connectivity index (χ0n) is 10.7. The van der Waals surface area contributed by atoms with Crippen LogP contribution in [-0.2, 0) is 9.59 Å². The summed E-state index contributed by atoms with van der Waals surface area (Å²) in [5.74, 6) is -1.95. The van der Waals surface area contributed by atoms with Gasteiger partial charge in [-0.05, 0) is 26.2 Å². The van der Waals surface area contributed by atoms with Crippen molar-refractivity contribution in [1.82, 2.24) is 10.2 Å². The lowest BCUT2D eigenvalue weighted by molar-refractivity contribution is -0.141. The van der Waals surface area contributed by atoms with Crippen LogP contribution >= 0.6 is 0 Å². The van der Waals surface area contributed by atoms with Crippen LogP contribution in [-0.4, -0.2) is 57.8 Å². The van der Waals surface area contributed by atoms with E-state index in [4.69, 9.17) is 10.8 Å². The third kappa shape index (κ3) is 3.82. The predicted molar refractivity (Wildman–Crippen MR) is 65.2 cm³/mol. The van der Waals surface area contributed by atoms with Crippen LogP contribution in [0.25, 0.3) is 0 Å². The molecule has 1 rings (SSSR count). The summed E-state index contributed by atoms with van der Waals surface area (Å²) >= 11 is 0. The first kappa shape index (κ1) is 15.2. The van der Waals surface area contributed by atoms with Gasteiger partial charge in [0.1, 0.15) is 6.04 Å². The van der Waals surface area contributed by atoms with Crippen molar-refractivity contribution in [3.05, 3.63) is 0 Å². The number of urea groups is 1. The summed E-state index contributed by atoms with van der Waals surface area (Å²) in [6.07, 6.45) is 0.743. The number of primary amides is 1. The molecule has 0 aliphatic carbocycles. The summed E-state index contributed by atoms with van der Waals surface area (Å²) in [5.41, 5.74) is 5.22. The van der Waals surface area contributed by atoms with Crippen LogP contribution in [0.1, 0.15) is 26.2 Å². The number of carbonyl (C=O) groups excluding carboxylic acids is 2. The number of nitrogens with zero attached hydrogens (tertiary/aromatic N) is 1. The molecule has 0 bridgehead atoms. The monoisotopic (exact) mass is 273 g/mol. The highest BCUT2D eigenvalue weighted by Crippen LogP contribution is 2.17. The summed E-state index contributed by atoms with van der Waals surface area (Å²) < 4.78 is 0. The number of piperidine rings is 1. The van der Waals surface area contributed by atoms with E-state index in [2.05, 4.69) is 5.32 Å². The highest BCUT2D eigenvalue weighted by molar-refractivity contribution is 5.88. The fourth-order valence-electron chi connectivity index (χ4n) is 2.08. The molecule has 1 unspecified atom stereocenters. The lowest BCUT2D eigenvalue weighted by Crippen LogP contribution is -2.58. The number of likely N-dealkylation sites (tertiary alicyclic amines) is 1. The number of hydrogen-bond donors (Lipinski definition) is 4. The van der Waals surface area contributed by atoms with Gasteiger partial charge in [-0.2, -0.15) is 0 Å². The van der Waals surface area contributed by atoms with Gasteiger partial charge in [-0.15, -0.1) is 0 Å². The maximum absolute atomic E-state index is 12.0. The quantitative estimate of drug-likeness (QED) is 0.514. The van der Waals surface area contributed by atoms with Crippen molar-refractivity contribution < 1.29 is 24.6 Å². The maximum atomic E-state index is 12.0. The Hall–Kier alpha value is -1.83. The molecule has 0 aromatic heterocycles. The summed E-state index contributed by atoms with van der Waals surface area (Å²) in [6.45, 7) is 1.60. The summed E-state index contributed by atoms with van der Waals surface area (Å²) in [6, 6.07) is -2.84. The summed E-state index contributed by atoms with van der Waals surface area (Å²) in [7, 11) is 0. The van der Waals surface area contributed by atoms with Crippen LogP contribution in [0.2, 0.25) is 0 Å². The second-order valence-corrected chi connectivity index (χ2v) is 4.61. The lowest BCUT2D eigenvalue weighted by Gasteiger charge is -2.34. The Morgan fingerprint density at radius 3 is 2.47 bits per heavy atom. The molecule has 0 radical (unpaired) electrons. The molecule has 0 spiro atoms. The second-order valence-electron chi connectivity index (χ2n) is 4.61. The van der Waals surface area contributed by atoms with Crippen LogP contribution in [0.3, 0.4) is 0 Å². The number of carbonyl (C=O) groups is 3. The lowest BCUT2D eigenvalue weighted by atomic mass is 10.0. The summed E-state index contributed by atoms with van der Waals surface area (Å²) in [4.78, 5) is 35.3. The minimum atomic E-state index is -1.41. The van der Waals surface area contributed by atoms with E-state index in [9.17, 15) is 19.5 Å². The van der Waals surface area contributed by atoms with E-state index in [-0.39, 0.29) is 0 Å². The molecule has 1 heterocycles. The normalized spacial score (nSPS) is 22.4. The number of aliphatic carboxylic acids is 1. The molecule has 19 heavy (non-hydrogen) atoms. The van der Waals surface area contributed by atoms with Gasteiger partial charge in [-0.25, -0.2) is 9.59 Å². The van der Waals surface area contributed by atoms with Crippen LogP contribution in [0.4, 0.5) is 4.79 Å². The van der Waals surface area contributed by atoms with Gasteiger partial charge in [0.25, 0.3) is 0 Å². The Labute approximate surface area is 110 Å². The smallest absolute Gasteiger partial charge is 0.328 e. The van der Waals surface area contributed by atoms with E-state index in [0.29, 0.717) is 13.0 Å². The van der Waals surface area contributed by atoms with Gasteiger partial charge in [0, 0.05) is 6.54 Å². The minimum absolute atomic E-state index is 0.339. The molecular formula is C11H19N3O5. The topological polar surface area (TPSA) is 133 Å². The van der Waals surface area contributed by atoms with E-state index in [1.54, 1.807) is 0 Å². The Morgan fingerprint density at radius 2 is 2.00 bits per heavy atom. The van der Waals surface area contributed by atoms with E-state index in [1.165, 1.54) is 11.8 Å². The number of nitrogens with two attached hydrogens (primary N) is 1. The van der Waals surface area contributed by atoms with Gasteiger partial charge >= 0.3 is 12.0 Å². The van der Waals surface area contributed by atoms with Crippen LogP contribution in [0, 0.1) is 0 Å². The number of rotatable bonds is 4. The first-order valence-electron chi connectivity index (χ1n) is 6.12. The van der Waals surface area contributed by atoms with E-state index < -0.39 is 36.1 Å². The molecule has 8 heteroatoms. The second kappa shape index (κ2) is 6.37. The predicted octanol–water partition coefficient (Wildman–Crippen LogP) is -1.13. The third-order valence-corrected chi connectivity index (χ3v) is 3.12. The van der Waals surface area contributed by atoms with Crippen LogP contribution in [0.5, 0.6) is 0 Å². The van der Waals surface area contributed by atoms with Crippen molar-refractivity contribution in [2.45, 2.75) is 44.4 Å². The molecule has 3 amide bonds. The van der Waals surface area contributed by atoms with Crippen molar-refractivity contribution in [3.8, 4) is 0 Å². The molecule has 8 nitrogen and oxygen atoms in total. The number of hydrogen-bond acceptors (Lipinski definition) is 4. The largest absolute Gasteiger partial charge is 0.480 e. The third-order valence-electron chi connectivity index (χ3n) is 3.12. The number of aliphatic hydroxyl groups is 1. The minimum Gasteiger partial charge on any atom is -0.480 e. The molecule has 1 fully saturated rings. The van der Waals surface area contributed by atoms with Gasteiger partial charge in [-0.3, -0.25) is 4.79 Å². The highest BCUT2D eigenvalue weighted by atomic mass is 16.4. The van der Waals surface area contributed by atoms with E-state index in [0.717, 1.165) is 12.8 Å².